The Kier molecular flexibility index (Phi) is 2.48. The minimum atomic E-state index is 0.660. The highest BCUT2D eigenvalue weighted by Crippen LogP contribution is 2.22. The largest absolute Gasteiger partial charge is 0.344 e. The summed E-state index contributed by atoms with van der Waals surface area (Å²) in [6.07, 6.45) is 0. The molecule has 0 bridgehead atoms. The molecule has 0 amide bonds. The van der Waals surface area contributed by atoms with Gasteiger partial charge in [0.05, 0.1) is 0 Å². The zero-order valence-electron chi connectivity index (χ0n) is 8.13. The highest BCUT2D eigenvalue weighted by Gasteiger charge is 2.04. The first-order valence-electron chi connectivity index (χ1n) is 4.68. The number of halogens is 1. The molecule has 2 rings (SSSR count). The van der Waals surface area contributed by atoms with E-state index in [9.17, 15) is 0 Å². The zero-order chi connectivity index (χ0) is 10.1. The minimum Gasteiger partial charge on any atom is -0.344 e. The Hall–Kier alpha value is -0.990. The van der Waals surface area contributed by atoms with Crippen molar-refractivity contribution in [1.82, 2.24) is 4.57 Å². The number of nitrogens with two attached hydrogens (primary N) is 1. The Morgan fingerprint density at radius 2 is 2.14 bits per heavy atom. The van der Waals surface area contributed by atoms with Crippen molar-refractivity contribution in [2.45, 2.75) is 13.5 Å². The van der Waals surface area contributed by atoms with Gasteiger partial charge >= 0.3 is 0 Å². The lowest BCUT2D eigenvalue weighted by atomic mass is 10.2. The van der Waals surface area contributed by atoms with Gasteiger partial charge in [-0.15, -0.1) is 0 Å². The second kappa shape index (κ2) is 3.64. The molecule has 0 fully saturated rings. The molecule has 2 aromatic rings. The molecule has 1 aromatic heterocycles. The van der Waals surface area contributed by atoms with Crippen molar-refractivity contribution in [3.8, 4) is 0 Å². The van der Waals surface area contributed by atoms with Crippen molar-refractivity contribution in [2.75, 3.05) is 6.54 Å². The van der Waals surface area contributed by atoms with E-state index in [1.165, 1.54) is 16.6 Å². The molecule has 0 radical (unpaired) electrons. The fourth-order valence-electron chi connectivity index (χ4n) is 1.81. The fourth-order valence-corrected chi connectivity index (χ4v) is 1.99. The average Bonchev–Trinajstić information content (AvgIpc) is 2.43. The molecule has 14 heavy (non-hydrogen) atoms. The van der Waals surface area contributed by atoms with Gasteiger partial charge in [-0.25, -0.2) is 0 Å². The summed E-state index contributed by atoms with van der Waals surface area (Å²) in [5, 5.41) is 1.96. The lowest BCUT2D eigenvalue weighted by Gasteiger charge is -2.05. The number of hydrogen-bond acceptors (Lipinski definition) is 1. The standard InChI is InChI=1S/C11H13ClN2/c1-8-6-9-7-10(12)2-3-11(9)14(8)5-4-13/h2-3,6-7H,4-5,13H2,1H3. The number of rotatable bonds is 2. The van der Waals surface area contributed by atoms with Crippen LogP contribution in [0.25, 0.3) is 10.9 Å². The maximum Gasteiger partial charge on any atom is 0.0483 e. The van der Waals surface area contributed by atoms with Crippen molar-refractivity contribution >= 4 is 22.5 Å². The minimum absolute atomic E-state index is 0.660. The average molecular weight is 209 g/mol. The first-order chi connectivity index (χ1) is 6.72. The van der Waals surface area contributed by atoms with Crippen LogP contribution >= 0.6 is 11.6 Å². The second-order valence-electron chi connectivity index (χ2n) is 3.43. The van der Waals surface area contributed by atoms with Gasteiger partial charge in [0.15, 0.2) is 0 Å². The molecule has 0 atom stereocenters. The number of hydrogen-bond donors (Lipinski definition) is 1. The van der Waals surface area contributed by atoms with Crippen LogP contribution in [0.4, 0.5) is 0 Å². The smallest absolute Gasteiger partial charge is 0.0483 e. The van der Waals surface area contributed by atoms with Crippen LogP contribution in [-0.2, 0) is 6.54 Å². The van der Waals surface area contributed by atoms with E-state index in [2.05, 4.69) is 17.6 Å². The highest BCUT2D eigenvalue weighted by atomic mass is 35.5. The zero-order valence-corrected chi connectivity index (χ0v) is 8.88. The summed E-state index contributed by atoms with van der Waals surface area (Å²) in [6, 6.07) is 8.07. The van der Waals surface area contributed by atoms with Crippen molar-refractivity contribution in [3.05, 3.63) is 35.0 Å². The van der Waals surface area contributed by atoms with Crippen LogP contribution in [0.2, 0.25) is 5.02 Å². The lowest BCUT2D eigenvalue weighted by molar-refractivity contribution is 0.715. The number of benzene rings is 1. The van der Waals surface area contributed by atoms with Crippen LogP contribution in [0.3, 0.4) is 0 Å². The molecule has 0 unspecified atom stereocenters. The summed E-state index contributed by atoms with van der Waals surface area (Å²) in [5.74, 6) is 0. The van der Waals surface area contributed by atoms with Gasteiger partial charge in [-0.05, 0) is 31.2 Å². The van der Waals surface area contributed by atoms with Crippen LogP contribution in [0.5, 0.6) is 0 Å². The Balaban J connectivity index is 2.64. The van der Waals surface area contributed by atoms with Crippen LogP contribution in [0.1, 0.15) is 5.69 Å². The molecule has 74 valence electrons. The van der Waals surface area contributed by atoms with E-state index in [0.717, 1.165) is 11.6 Å². The summed E-state index contributed by atoms with van der Waals surface area (Å²) in [5.41, 5.74) is 8.00. The van der Waals surface area contributed by atoms with Gasteiger partial charge < -0.3 is 10.3 Å². The number of aryl methyl sites for hydroxylation is 1. The summed E-state index contributed by atoms with van der Waals surface area (Å²) < 4.78 is 2.21. The molecule has 0 spiro atoms. The molecule has 2 nitrogen and oxygen atoms in total. The summed E-state index contributed by atoms with van der Waals surface area (Å²) >= 11 is 5.92. The van der Waals surface area contributed by atoms with E-state index in [4.69, 9.17) is 17.3 Å². The molecule has 0 aliphatic heterocycles. The van der Waals surface area contributed by atoms with E-state index >= 15 is 0 Å². The molecule has 0 aliphatic carbocycles. The first-order valence-corrected chi connectivity index (χ1v) is 5.05. The lowest BCUT2D eigenvalue weighted by Crippen LogP contribution is -2.10. The fraction of sp³-hybridized carbons (Fsp3) is 0.273. The second-order valence-corrected chi connectivity index (χ2v) is 3.87. The predicted octanol–water partition coefficient (Wildman–Crippen LogP) is 2.56. The van der Waals surface area contributed by atoms with Crippen molar-refractivity contribution in [1.29, 1.82) is 0 Å². The molecule has 0 saturated carbocycles. The normalized spacial score (nSPS) is 11.1. The predicted molar refractivity (Wildman–Crippen MR) is 60.7 cm³/mol. The van der Waals surface area contributed by atoms with Crippen molar-refractivity contribution < 1.29 is 0 Å². The molecular formula is C11H13ClN2. The van der Waals surface area contributed by atoms with Crippen LogP contribution in [-0.4, -0.2) is 11.1 Å². The first kappa shape index (κ1) is 9.56. The van der Waals surface area contributed by atoms with Gasteiger partial charge in [0, 0.05) is 34.7 Å². The van der Waals surface area contributed by atoms with E-state index in [0.29, 0.717) is 6.54 Å². The Morgan fingerprint density at radius 3 is 2.86 bits per heavy atom. The quantitative estimate of drug-likeness (QED) is 0.808. The van der Waals surface area contributed by atoms with Crippen molar-refractivity contribution in [3.63, 3.8) is 0 Å². The summed E-state index contributed by atoms with van der Waals surface area (Å²) in [4.78, 5) is 0. The molecule has 3 heteroatoms. The van der Waals surface area contributed by atoms with Crippen LogP contribution in [0, 0.1) is 6.92 Å². The van der Waals surface area contributed by atoms with Crippen LogP contribution in [0.15, 0.2) is 24.3 Å². The molecule has 1 aromatic carbocycles. The van der Waals surface area contributed by atoms with Gasteiger partial charge in [0.1, 0.15) is 0 Å². The molecule has 0 saturated heterocycles. The van der Waals surface area contributed by atoms with Gasteiger partial charge in [-0.1, -0.05) is 11.6 Å². The highest BCUT2D eigenvalue weighted by molar-refractivity contribution is 6.31. The maximum atomic E-state index is 5.92. The van der Waals surface area contributed by atoms with E-state index < -0.39 is 0 Å². The van der Waals surface area contributed by atoms with E-state index in [-0.39, 0.29) is 0 Å². The number of nitrogens with zero attached hydrogens (tertiary/aromatic N) is 1. The van der Waals surface area contributed by atoms with Crippen molar-refractivity contribution in [2.24, 2.45) is 5.73 Å². The Labute approximate surface area is 88.3 Å². The van der Waals surface area contributed by atoms with Gasteiger partial charge in [0.25, 0.3) is 0 Å². The molecule has 2 N–H and O–H groups in total. The van der Waals surface area contributed by atoms with E-state index in [1.54, 1.807) is 0 Å². The number of aromatic nitrogens is 1. The van der Waals surface area contributed by atoms with Gasteiger partial charge in [-0.2, -0.15) is 0 Å². The summed E-state index contributed by atoms with van der Waals surface area (Å²) in [6.45, 7) is 3.60. The Bertz CT molecular complexity index is 460. The SMILES string of the molecule is Cc1cc2cc(Cl)ccc2n1CCN. The molecule has 1 heterocycles. The molecule has 0 aliphatic rings. The third kappa shape index (κ3) is 1.51. The summed E-state index contributed by atoms with van der Waals surface area (Å²) in [7, 11) is 0. The Morgan fingerprint density at radius 1 is 1.36 bits per heavy atom. The van der Waals surface area contributed by atoms with Crippen LogP contribution < -0.4 is 5.73 Å². The van der Waals surface area contributed by atoms with Gasteiger partial charge in [0.2, 0.25) is 0 Å². The third-order valence-electron chi connectivity index (χ3n) is 2.42. The van der Waals surface area contributed by atoms with E-state index in [1.807, 2.05) is 18.2 Å². The van der Waals surface area contributed by atoms with Gasteiger partial charge in [-0.3, -0.25) is 0 Å². The molecular weight excluding hydrogens is 196 g/mol. The topological polar surface area (TPSA) is 30.9 Å². The monoisotopic (exact) mass is 208 g/mol. The number of fused-ring (bicyclic) bond motifs is 1. The maximum absolute atomic E-state index is 5.92. The third-order valence-corrected chi connectivity index (χ3v) is 2.66.